The van der Waals surface area contributed by atoms with E-state index in [1.165, 1.54) is 11.5 Å². The molecule has 0 bridgehead atoms. The van der Waals surface area contributed by atoms with Crippen molar-refractivity contribution in [1.29, 1.82) is 0 Å². The second-order valence-corrected chi connectivity index (χ2v) is 6.91. The second kappa shape index (κ2) is 6.93. The summed E-state index contributed by atoms with van der Waals surface area (Å²) in [6.45, 7) is 1.83. The molecule has 122 valence electrons. The third kappa shape index (κ3) is 3.18. The number of amides is 1. The van der Waals surface area contributed by atoms with Gasteiger partial charge < -0.3 is 4.90 Å². The molecule has 0 atom stereocenters. The van der Waals surface area contributed by atoms with Crippen LogP contribution in [-0.2, 0) is 0 Å². The molecule has 24 heavy (non-hydrogen) atoms. The van der Waals surface area contributed by atoms with Crippen LogP contribution in [-0.4, -0.2) is 17.3 Å². The molecule has 0 aliphatic rings. The topological polar surface area (TPSA) is 33.2 Å². The molecule has 3 rings (SSSR count). The molecule has 2 aromatic carbocycles. The first-order chi connectivity index (χ1) is 11.5. The highest BCUT2D eigenvalue weighted by Crippen LogP contribution is 2.36. The van der Waals surface area contributed by atoms with Crippen molar-refractivity contribution in [1.82, 2.24) is 4.37 Å². The lowest BCUT2D eigenvalue weighted by atomic mass is 10.1. The van der Waals surface area contributed by atoms with E-state index in [0.717, 1.165) is 16.1 Å². The minimum Gasteiger partial charge on any atom is -0.311 e. The number of aromatic nitrogens is 1. The van der Waals surface area contributed by atoms with Gasteiger partial charge in [-0.2, -0.15) is 4.37 Å². The molecule has 0 N–H and O–H groups in total. The molecule has 0 unspecified atom stereocenters. The number of rotatable bonds is 3. The molecule has 3 aromatic rings. The zero-order chi connectivity index (χ0) is 17.3. The molecule has 0 saturated heterocycles. The quantitative estimate of drug-likeness (QED) is 0.586. The van der Waals surface area contributed by atoms with Gasteiger partial charge in [0.2, 0.25) is 0 Å². The molecule has 1 heterocycles. The Labute approximate surface area is 154 Å². The molecule has 1 aromatic heterocycles. The van der Waals surface area contributed by atoms with Crippen molar-refractivity contribution in [3.63, 3.8) is 0 Å². The summed E-state index contributed by atoms with van der Waals surface area (Å²) in [5, 5.41) is 1.23. The average Bonchev–Trinajstić information content (AvgIpc) is 2.96. The SMILES string of the molecule is Cc1nsc(-c2ccccc2Cl)c1C(=O)N(C)c1ccc(Cl)cc1. The van der Waals surface area contributed by atoms with Crippen molar-refractivity contribution in [3.8, 4) is 10.4 Å². The van der Waals surface area contributed by atoms with Crippen LogP contribution in [0.25, 0.3) is 10.4 Å². The lowest BCUT2D eigenvalue weighted by Crippen LogP contribution is -2.26. The van der Waals surface area contributed by atoms with Crippen LogP contribution < -0.4 is 4.90 Å². The Kier molecular flexibility index (Phi) is 4.90. The monoisotopic (exact) mass is 376 g/mol. The van der Waals surface area contributed by atoms with Gasteiger partial charge in [0.05, 0.1) is 16.1 Å². The number of hydrogen-bond acceptors (Lipinski definition) is 3. The van der Waals surface area contributed by atoms with E-state index >= 15 is 0 Å². The maximum atomic E-state index is 13.0. The Morgan fingerprint density at radius 1 is 1.08 bits per heavy atom. The Morgan fingerprint density at radius 2 is 1.75 bits per heavy atom. The molecule has 0 aliphatic heterocycles. The van der Waals surface area contributed by atoms with Crippen LogP contribution in [0.3, 0.4) is 0 Å². The van der Waals surface area contributed by atoms with Crippen molar-refractivity contribution in [3.05, 3.63) is 69.8 Å². The number of anilines is 1. The fourth-order valence-electron chi connectivity index (χ4n) is 2.40. The van der Waals surface area contributed by atoms with Gasteiger partial charge in [-0.1, -0.05) is 41.4 Å². The fraction of sp³-hybridized carbons (Fsp3) is 0.111. The molecule has 0 spiro atoms. The van der Waals surface area contributed by atoms with E-state index in [0.29, 0.717) is 21.3 Å². The van der Waals surface area contributed by atoms with Gasteiger partial charge in [0.1, 0.15) is 0 Å². The number of aryl methyl sites for hydroxylation is 1. The first kappa shape index (κ1) is 17.0. The van der Waals surface area contributed by atoms with Crippen molar-refractivity contribution < 1.29 is 4.79 Å². The maximum absolute atomic E-state index is 13.0. The smallest absolute Gasteiger partial charge is 0.261 e. The highest BCUT2D eigenvalue weighted by Gasteiger charge is 2.24. The van der Waals surface area contributed by atoms with Crippen molar-refractivity contribution in [2.75, 3.05) is 11.9 Å². The minimum absolute atomic E-state index is 0.126. The van der Waals surface area contributed by atoms with E-state index in [2.05, 4.69) is 4.37 Å². The van der Waals surface area contributed by atoms with Crippen molar-refractivity contribution >= 4 is 46.3 Å². The molecule has 0 fully saturated rings. The van der Waals surface area contributed by atoms with Gasteiger partial charge in [0.15, 0.2) is 0 Å². The Balaban J connectivity index is 2.03. The van der Waals surface area contributed by atoms with Crippen molar-refractivity contribution in [2.24, 2.45) is 0 Å². The van der Waals surface area contributed by atoms with E-state index in [4.69, 9.17) is 23.2 Å². The zero-order valence-electron chi connectivity index (χ0n) is 13.1. The highest BCUT2D eigenvalue weighted by atomic mass is 35.5. The average molecular weight is 377 g/mol. The summed E-state index contributed by atoms with van der Waals surface area (Å²) in [6, 6.07) is 14.6. The number of nitrogens with zero attached hydrogens (tertiary/aromatic N) is 2. The summed E-state index contributed by atoms with van der Waals surface area (Å²) in [7, 11) is 1.74. The van der Waals surface area contributed by atoms with Crippen molar-refractivity contribution in [2.45, 2.75) is 6.92 Å². The number of hydrogen-bond donors (Lipinski definition) is 0. The predicted octanol–water partition coefficient (Wildman–Crippen LogP) is 5.70. The first-order valence-corrected chi connectivity index (χ1v) is 8.76. The largest absolute Gasteiger partial charge is 0.311 e. The molecular formula is C18H14Cl2N2OS. The molecule has 6 heteroatoms. The van der Waals surface area contributed by atoms with Crippen LogP contribution in [0, 0.1) is 6.92 Å². The van der Waals surface area contributed by atoms with E-state index in [1.807, 2.05) is 43.3 Å². The molecule has 1 amide bonds. The summed E-state index contributed by atoms with van der Waals surface area (Å²) in [5.41, 5.74) is 2.85. The summed E-state index contributed by atoms with van der Waals surface area (Å²) in [4.78, 5) is 15.4. The standard InChI is InChI=1S/C18H14Cl2N2OS/c1-11-16(17(24-21-11)14-5-3-4-6-15(14)20)18(23)22(2)13-9-7-12(19)8-10-13/h3-10H,1-2H3. The number of halogens is 2. The lowest BCUT2D eigenvalue weighted by molar-refractivity contribution is 0.0993. The van der Waals surface area contributed by atoms with Gasteiger partial charge in [-0.05, 0) is 48.8 Å². The van der Waals surface area contributed by atoms with Gasteiger partial charge in [0, 0.05) is 28.3 Å². The van der Waals surface area contributed by atoms with Gasteiger partial charge in [0.25, 0.3) is 5.91 Å². The zero-order valence-corrected chi connectivity index (χ0v) is 15.4. The van der Waals surface area contributed by atoms with Gasteiger partial charge in [-0.25, -0.2) is 0 Å². The first-order valence-electron chi connectivity index (χ1n) is 7.24. The van der Waals surface area contributed by atoms with Crippen LogP contribution in [0.1, 0.15) is 16.1 Å². The van der Waals surface area contributed by atoms with Gasteiger partial charge in [-0.3, -0.25) is 4.79 Å². The Morgan fingerprint density at radius 3 is 2.42 bits per heavy atom. The summed E-state index contributed by atoms with van der Waals surface area (Å²) in [5.74, 6) is -0.126. The Hall–Kier alpha value is -1.88. The van der Waals surface area contributed by atoms with Crippen LogP contribution in [0.2, 0.25) is 10.0 Å². The normalized spacial score (nSPS) is 10.7. The number of carbonyl (C=O) groups is 1. The summed E-state index contributed by atoms with van der Waals surface area (Å²) < 4.78 is 4.36. The van der Waals surface area contributed by atoms with Crippen LogP contribution in [0.5, 0.6) is 0 Å². The van der Waals surface area contributed by atoms with Crippen LogP contribution in [0.4, 0.5) is 5.69 Å². The Bertz CT molecular complexity index is 890. The minimum atomic E-state index is -0.126. The van der Waals surface area contributed by atoms with Crippen LogP contribution >= 0.6 is 34.7 Å². The molecule has 0 saturated carbocycles. The van der Waals surface area contributed by atoms with E-state index < -0.39 is 0 Å². The maximum Gasteiger partial charge on any atom is 0.261 e. The van der Waals surface area contributed by atoms with E-state index in [-0.39, 0.29) is 5.91 Å². The second-order valence-electron chi connectivity index (χ2n) is 5.29. The molecule has 0 aliphatic carbocycles. The summed E-state index contributed by atoms with van der Waals surface area (Å²) in [6.07, 6.45) is 0. The van der Waals surface area contributed by atoms with Gasteiger partial charge >= 0.3 is 0 Å². The molecule has 3 nitrogen and oxygen atoms in total. The van der Waals surface area contributed by atoms with Crippen LogP contribution in [0.15, 0.2) is 48.5 Å². The van der Waals surface area contributed by atoms with Gasteiger partial charge in [-0.15, -0.1) is 0 Å². The third-order valence-electron chi connectivity index (χ3n) is 3.71. The highest BCUT2D eigenvalue weighted by molar-refractivity contribution is 7.10. The number of benzene rings is 2. The summed E-state index contributed by atoms with van der Waals surface area (Å²) >= 11 is 13.5. The fourth-order valence-corrected chi connectivity index (χ4v) is 3.73. The lowest BCUT2D eigenvalue weighted by Gasteiger charge is -2.18. The molecular weight excluding hydrogens is 363 g/mol. The van der Waals surface area contributed by atoms with E-state index in [9.17, 15) is 4.79 Å². The third-order valence-corrected chi connectivity index (χ3v) is 5.27. The van der Waals surface area contributed by atoms with E-state index in [1.54, 1.807) is 24.1 Å². The molecule has 0 radical (unpaired) electrons. The predicted molar refractivity (Wildman–Crippen MR) is 101 cm³/mol. The number of carbonyl (C=O) groups excluding carboxylic acids is 1.